The Kier molecular flexibility index (Phi) is 3.64. The van der Waals surface area contributed by atoms with Crippen LogP contribution in [0.3, 0.4) is 0 Å². The van der Waals surface area contributed by atoms with E-state index in [1.54, 1.807) is 0 Å². The lowest BCUT2D eigenvalue weighted by Gasteiger charge is -2.17. The van der Waals surface area contributed by atoms with Crippen molar-refractivity contribution < 1.29 is 18.0 Å². The summed E-state index contributed by atoms with van der Waals surface area (Å²) < 4.78 is 36.7. The summed E-state index contributed by atoms with van der Waals surface area (Å²) in [5.41, 5.74) is 0. The van der Waals surface area contributed by atoms with Crippen molar-refractivity contribution in [2.75, 3.05) is 19.0 Å². The van der Waals surface area contributed by atoms with Gasteiger partial charge < -0.3 is 4.90 Å². The van der Waals surface area contributed by atoms with Gasteiger partial charge in [0.15, 0.2) is 0 Å². The number of nitrogens with zero attached hydrogens (tertiary/aromatic N) is 1. The monoisotopic (exact) mass is 229 g/mol. The average Bonchev–Trinajstić information content (AvgIpc) is 2.51. The molecule has 1 rings (SSSR count). The number of amides is 1. The van der Waals surface area contributed by atoms with Crippen LogP contribution in [0.4, 0.5) is 13.2 Å². The molecular formula is C8H11ClF3NO. The second-order valence-corrected chi connectivity index (χ2v) is 3.68. The first-order valence-corrected chi connectivity index (χ1v) is 4.89. The predicted molar refractivity (Wildman–Crippen MR) is 46.1 cm³/mol. The minimum Gasteiger partial charge on any atom is -0.342 e. The number of halogens is 4. The van der Waals surface area contributed by atoms with Gasteiger partial charge in [0, 0.05) is 25.4 Å². The van der Waals surface area contributed by atoms with Crippen molar-refractivity contribution in [1.29, 1.82) is 0 Å². The lowest BCUT2D eigenvalue weighted by molar-refractivity contribution is -0.171. The third-order valence-corrected chi connectivity index (χ3v) is 2.50. The zero-order valence-electron chi connectivity index (χ0n) is 7.48. The molecule has 2 nitrogen and oxygen atoms in total. The minimum atomic E-state index is -4.18. The van der Waals surface area contributed by atoms with Gasteiger partial charge in [-0.1, -0.05) is 0 Å². The fourth-order valence-electron chi connectivity index (χ4n) is 1.49. The maximum Gasteiger partial charge on any atom is 0.393 e. The summed E-state index contributed by atoms with van der Waals surface area (Å²) in [5.74, 6) is -1.49. The number of carbonyl (C=O) groups excluding carboxylic acids is 1. The van der Waals surface area contributed by atoms with Crippen molar-refractivity contribution in [3.05, 3.63) is 0 Å². The zero-order chi connectivity index (χ0) is 10.8. The summed E-state index contributed by atoms with van der Waals surface area (Å²) in [6, 6.07) is 0. The Bertz CT molecular complexity index is 219. The van der Waals surface area contributed by atoms with E-state index in [4.69, 9.17) is 11.6 Å². The van der Waals surface area contributed by atoms with Gasteiger partial charge in [0.05, 0.1) is 5.92 Å². The van der Waals surface area contributed by atoms with Gasteiger partial charge >= 0.3 is 6.18 Å². The number of alkyl halides is 4. The van der Waals surface area contributed by atoms with Crippen molar-refractivity contribution in [1.82, 2.24) is 4.90 Å². The summed E-state index contributed by atoms with van der Waals surface area (Å²) in [6.45, 7) is -0.0148. The van der Waals surface area contributed by atoms with Crippen molar-refractivity contribution in [2.45, 2.75) is 19.0 Å². The van der Waals surface area contributed by atoms with E-state index < -0.39 is 12.1 Å². The first-order valence-electron chi connectivity index (χ1n) is 4.35. The number of hydrogen-bond donors (Lipinski definition) is 0. The molecule has 1 fully saturated rings. The molecule has 0 aliphatic carbocycles. The van der Waals surface area contributed by atoms with Crippen LogP contribution in [0, 0.1) is 5.92 Å². The van der Waals surface area contributed by atoms with Crippen molar-refractivity contribution in [2.24, 2.45) is 5.92 Å². The van der Waals surface area contributed by atoms with Crippen LogP contribution in [0.25, 0.3) is 0 Å². The second kappa shape index (κ2) is 4.38. The van der Waals surface area contributed by atoms with Crippen LogP contribution in [0.2, 0.25) is 0 Å². The molecule has 0 saturated carbocycles. The molecular weight excluding hydrogens is 219 g/mol. The fourth-order valence-corrected chi connectivity index (χ4v) is 1.65. The molecule has 1 saturated heterocycles. The smallest absolute Gasteiger partial charge is 0.342 e. The Balaban J connectivity index is 2.45. The molecule has 0 spiro atoms. The summed E-state index contributed by atoms with van der Waals surface area (Å²) in [4.78, 5) is 12.4. The van der Waals surface area contributed by atoms with Crippen molar-refractivity contribution in [3.8, 4) is 0 Å². The van der Waals surface area contributed by atoms with Gasteiger partial charge in [0.1, 0.15) is 0 Å². The molecule has 14 heavy (non-hydrogen) atoms. The molecule has 0 N–H and O–H groups in total. The highest BCUT2D eigenvalue weighted by molar-refractivity contribution is 6.18. The molecule has 0 aromatic heterocycles. The molecule has 1 unspecified atom stereocenters. The summed E-state index contributed by atoms with van der Waals surface area (Å²) in [5, 5.41) is 0. The van der Waals surface area contributed by atoms with Crippen LogP contribution in [-0.4, -0.2) is 36.0 Å². The lowest BCUT2D eigenvalue weighted by Crippen LogP contribution is -2.31. The number of rotatable bonds is 2. The van der Waals surface area contributed by atoms with Crippen molar-refractivity contribution in [3.63, 3.8) is 0 Å². The highest BCUT2D eigenvalue weighted by atomic mass is 35.5. The van der Waals surface area contributed by atoms with Gasteiger partial charge in [-0.3, -0.25) is 4.79 Å². The normalized spacial score (nSPS) is 22.9. The topological polar surface area (TPSA) is 20.3 Å². The first kappa shape index (κ1) is 11.6. The maximum absolute atomic E-state index is 12.2. The van der Waals surface area contributed by atoms with E-state index in [9.17, 15) is 18.0 Å². The van der Waals surface area contributed by atoms with Gasteiger partial charge in [0.2, 0.25) is 5.91 Å². The third kappa shape index (κ3) is 2.77. The summed E-state index contributed by atoms with van der Waals surface area (Å²) >= 11 is 5.33. The van der Waals surface area contributed by atoms with E-state index in [0.29, 0.717) is 0 Å². The van der Waals surface area contributed by atoms with Crippen LogP contribution in [0.15, 0.2) is 0 Å². The molecule has 1 amide bonds. The average molecular weight is 230 g/mol. The molecule has 1 aliphatic heterocycles. The summed E-state index contributed by atoms with van der Waals surface area (Å²) in [7, 11) is 0. The molecule has 0 bridgehead atoms. The third-order valence-electron chi connectivity index (χ3n) is 2.31. The largest absolute Gasteiger partial charge is 0.393 e. The van der Waals surface area contributed by atoms with E-state index in [1.807, 2.05) is 0 Å². The molecule has 1 heterocycles. The highest BCUT2D eigenvalue weighted by Gasteiger charge is 2.44. The van der Waals surface area contributed by atoms with E-state index in [2.05, 4.69) is 0 Å². The van der Waals surface area contributed by atoms with Crippen LogP contribution in [-0.2, 0) is 4.79 Å². The highest BCUT2D eigenvalue weighted by Crippen LogP contribution is 2.33. The van der Waals surface area contributed by atoms with E-state index in [-0.39, 0.29) is 37.7 Å². The van der Waals surface area contributed by atoms with Gasteiger partial charge in [0.25, 0.3) is 0 Å². The molecule has 0 radical (unpaired) electrons. The van der Waals surface area contributed by atoms with E-state index >= 15 is 0 Å². The Labute approximate surface area is 85.0 Å². The minimum absolute atomic E-state index is 0.0114. The van der Waals surface area contributed by atoms with Crippen LogP contribution in [0.5, 0.6) is 0 Å². The number of carbonyl (C=O) groups is 1. The molecule has 0 aromatic carbocycles. The Morgan fingerprint density at radius 2 is 2.14 bits per heavy atom. The molecule has 1 aliphatic rings. The Morgan fingerprint density at radius 3 is 2.57 bits per heavy atom. The zero-order valence-corrected chi connectivity index (χ0v) is 8.24. The van der Waals surface area contributed by atoms with Gasteiger partial charge in [-0.2, -0.15) is 13.2 Å². The summed E-state index contributed by atoms with van der Waals surface area (Å²) in [6.07, 6.45) is -4.06. The maximum atomic E-state index is 12.2. The van der Waals surface area contributed by atoms with E-state index in [0.717, 1.165) is 0 Å². The van der Waals surface area contributed by atoms with Gasteiger partial charge in [-0.15, -0.1) is 11.6 Å². The Hall–Kier alpha value is -0.450. The van der Waals surface area contributed by atoms with Crippen molar-refractivity contribution >= 4 is 17.5 Å². The fraction of sp³-hybridized carbons (Fsp3) is 0.875. The number of hydrogen-bond acceptors (Lipinski definition) is 1. The quantitative estimate of drug-likeness (QED) is 0.664. The van der Waals surface area contributed by atoms with Gasteiger partial charge in [-0.05, 0) is 6.42 Å². The standard InChI is InChI=1S/C8H11ClF3NO/c9-3-1-7(14)13-4-2-6(5-13)8(10,11)12/h6H,1-5H2. The number of likely N-dealkylation sites (tertiary alicyclic amines) is 1. The predicted octanol–water partition coefficient (Wildman–Crippen LogP) is 2.03. The van der Waals surface area contributed by atoms with Crippen LogP contribution >= 0.6 is 11.6 Å². The lowest BCUT2D eigenvalue weighted by atomic mass is 10.1. The first-order chi connectivity index (χ1) is 6.45. The van der Waals surface area contributed by atoms with E-state index in [1.165, 1.54) is 4.90 Å². The van der Waals surface area contributed by atoms with Gasteiger partial charge in [-0.25, -0.2) is 0 Å². The SMILES string of the molecule is O=C(CCCl)N1CCC(C(F)(F)F)C1. The second-order valence-electron chi connectivity index (χ2n) is 3.31. The molecule has 82 valence electrons. The molecule has 0 aromatic rings. The van der Waals surface area contributed by atoms with Crippen LogP contribution in [0.1, 0.15) is 12.8 Å². The molecule has 6 heteroatoms. The Morgan fingerprint density at radius 1 is 1.50 bits per heavy atom. The van der Waals surface area contributed by atoms with Crippen LogP contribution < -0.4 is 0 Å². The molecule has 1 atom stereocenters.